The highest BCUT2D eigenvalue weighted by atomic mass is 15.1. The lowest BCUT2D eigenvalue weighted by Crippen LogP contribution is -2.11. The SMILES string of the molecule is c1ccc(-c2c(-c3ccccc3)c3cc(-c4ccccc4N(c4ccc(-c5ccc(-c6ccc7ccccc7c6)cc5)cc4)c4cccc5ccccc45)ccc3c3ccccc23)cc1. The normalized spacial score (nSPS) is 11.4. The largest absolute Gasteiger partial charge is 0.309 e. The molecule has 0 atom stereocenters. The van der Waals surface area contributed by atoms with E-state index in [1.54, 1.807) is 0 Å². The summed E-state index contributed by atoms with van der Waals surface area (Å²) in [6.45, 7) is 0. The third kappa shape index (κ3) is 6.92. The highest BCUT2D eigenvalue weighted by Crippen LogP contribution is 2.48. The molecule has 304 valence electrons. The molecular formula is C64H43N. The molecule has 12 rings (SSSR count). The van der Waals surface area contributed by atoms with Gasteiger partial charge in [0.25, 0.3) is 0 Å². The van der Waals surface area contributed by atoms with Crippen LogP contribution in [0.4, 0.5) is 17.1 Å². The van der Waals surface area contributed by atoms with Crippen molar-refractivity contribution in [2.24, 2.45) is 0 Å². The van der Waals surface area contributed by atoms with Crippen LogP contribution in [0.3, 0.4) is 0 Å². The molecule has 0 radical (unpaired) electrons. The molecule has 0 fully saturated rings. The second-order valence-electron chi connectivity index (χ2n) is 16.8. The molecule has 0 amide bonds. The van der Waals surface area contributed by atoms with Crippen molar-refractivity contribution in [3.63, 3.8) is 0 Å². The van der Waals surface area contributed by atoms with Crippen LogP contribution >= 0.6 is 0 Å². The maximum Gasteiger partial charge on any atom is 0.0540 e. The van der Waals surface area contributed by atoms with Crippen LogP contribution in [0.15, 0.2) is 261 Å². The first-order valence-electron chi connectivity index (χ1n) is 22.4. The minimum absolute atomic E-state index is 1.09. The maximum atomic E-state index is 2.45. The number of hydrogen-bond acceptors (Lipinski definition) is 1. The summed E-state index contributed by atoms with van der Waals surface area (Å²) < 4.78 is 0. The van der Waals surface area contributed by atoms with Crippen LogP contribution in [-0.2, 0) is 0 Å². The predicted molar refractivity (Wildman–Crippen MR) is 278 cm³/mol. The van der Waals surface area contributed by atoms with Crippen molar-refractivity contribution >= 4 is 60.2 Å². The highest BCUT2D eigenvalue weighted by Gasteiger charge is 2.22. The summed E-state index contributed by atoms with van der Waals surface area (Å²) in [5.74, 6) is 0. The van der Waals surface area contributed by atoms with Crippen molar-refractivity contribution in [3.8, 4) is 55.6 Å². The van der Waals surface area contributed by atoms with E-state index in [2.05, 4.69) is 266 Å². The monoisotopic (exact) mass is 825 g/mol. The van der Waals surface area contributed by atoms with Gasteiger partial charge in [-0.2, -0.15) is 0 Å². The van der Waals surface area contributed by atoms with Crippen molar-refractivity contribution < 1.29 is 0 Å². The topological polar surface area (TPSA) is 3.24 Å². The summed E-state index contributed by atoms with van der Waals surface area (Å²) in [6.07, 6.45) is 0. The summed E-state index contributed by atoms with van der Waals surface area (Å²) in [5, 5.41) is 9.89. The molecule has 1 nitrogen and oxygen atoms in total. The highest BCUT2D eigenvalue weighted by molar-refractivity contribution is 6.22. The number of anilines is 3. The summed E-state index contributed by atoms with van der Waals surface area (Å²) in [6, 6.07) is 95.3. The van der Waals surface area contributed by atoms with E-state index in [0.29, 0.717) is 0 Å². The van der Waals surface area contributed by atoms with Gasteiger partial charge in [-0.05, 0) is 124 Å². The molecule has 0 N–H and O–H groups in total. The zero-order valence-electron chi connectivity index (χ0n) is 35.8. The Morgan fingerprint density at radius 1 is 0.215 bits per heavy atom. The van der Waals surface area contributed by atoms with E-state index in [0.717, 1.165) is 28.2 Å². The Labute approximate surface area is 379 Å². The molecule has 0 heterocycles. The van der Waals surface area contributed by atoms with Crippen LogP contribution < -0.4 is 4.90 Å². The summed E-state index contributed by atoms with van der Waals surface area (Å²) in [7, 11) is 0. The Morgan fingerprint density at radius 2 is 0.692 bits per heavy atom. The third-order valence-electron chi connectivity index (χ3n) is 13.0. The Morgan fingerprint density at radius 3 is 1.42 bits per heavy atom. The van der Waals surface area contributed by atoms with Gasteiger partial charge < -0.3 is 4.90 Å². The van der Waals surface area contributed by atoms with Crippen molar-refractivity contribution in [1.29, 1.82) is 0 Å². The smallest absolute Gasteiger partial charge is 0.0540 e. The Hall–Kier alpha value is -8.52. The zero-order chi connectivity index (χ0) is 43.1. The molecule has 0 aliphatic rings. The summed E-state index contributed by atoms with van der Waals surface area (Å²) in [5.41, 5.74) is 15.4. The first kappa shape index (κ1) is 38.2. The van der Waals surface area contributed by atoms with Gasteiger partial charge in [0.15, 0.2) is 0 Å². The molecule has 0 aliphatic heterocycles. The van der Waals surface area contributed by atoms with Crippen molar-refractivity contribution in [1.82, 2.24) is 0 Å². The van der Waals surface area contributed by atoms with E-state index in [4.69, 9.17) is 0 Å². The minimum atomic E-state index is 1.09. The van der Waals surface area contributed by atoms with Crippen molar-refractivity contribution in [2.45, 2.75) is 0 Å². The number of rotatable bonds is 8. The van der Waals surface area contributed by atoms with Gasteiger partial charge >= 0.3 is 0 Å². The molecular weight excluding hydrogens is 783 g/mol. The van der Waals surface area contributed by atoms with E-state index in [9.17, 15) is 0 Å². The van der Waals surface area contributed by atoms with Crippen molar-refractivity contribution in [2.75, 3.05) is 4.90 Å². The van der Waals surface area contributed by atoms with Crippen LogP contribution in [0, 0.1) is 0 Å². The molecule has 12 aromatic rings. The molecule has 0 aromatic heterocycles. The molecule has 0 aliphatic carbocycles. The van der Waals surface area contributed by atoms with E-state index in [1.807, 2.05) is 0 Å². The zero-order valence-corrected chi connectivity index (χ0v) is 35.8. The van der Waals surface area contributed by atoms with Crippen LogP contribution in [0.2, 0.25) is 0 Å². The molecule has 0 saturated carbocycles. The van der Waals surface area contributed by atoms with Gasteiger partial charge in [-0.3, -0.25) is 0 Å². The average Bonchev–Trinajstić information content (AvgIpc) is 3.39. The minimum Gasteiger partial charge on any atom is -0.309 e. The summed E-state index contributed by atoms with van der Waals surface area (Å²) >= 11 is 0. The first-order valence-corrected chi connectivity index (χ1v) is 22.4. The molecule has 12 aromatic carbocycles. The van der Waals surface area contributed by atoms with Gasteiger partial charge in [0.2, 0.25) is 0 Å². The fraction of sp³-hybridized carbons (Fsp3) is 0. The fourth-order valence-electron chi connectivity index (χ4n) is 9.92. The Bertz CT molecular complexity index is 3680. The lowest BCUT2D eigenvalue weighted by atomic mass is 9.84. The summed E-state index contributed by atoms with van der Waals surface area (Å²) in [4.78, 5) is 2.45. The Kier molecular flexibility index (Phi) is 9.58. The predicted octanol–water partition coefficient (Wildman–Crippen LogP) is 18.1. The molecule has 1 heteroatoms. The van der Waals surface area contributed by atoms with Gasteiger partial charge in [0, 0.05) is 16.6 Å². The van der Waals surface area contributed by atoms with Gasteiger partial charge in [0.05, 0.1) is 11.4 Å². The number of para-hydroxylation sites is 1. The number of hydrogen-bond donors (Lipinski definition) is 0. The van der Waals surface area contributed by atoms with E-state index < -0.39 is 0 Å². The van der Waals surface area contributed by atoms with Gasteiger partial charge in [-0.15, -0.1) is 0 Å². The van der Waals surface area contributed by atoms with Gasteiger partial charge in [0.1, 0.15) is 0 Å². The maximum absolute atomic E-state index is 2.45. The molecule has 0 unspecified atom stereocenters. The van der Waals surface area contributed by atoms with Crippen molar-refractivity contribution in [3.05, 3.63) is 261 Å². The third-order valence-corrected chi connectivity index (χ3v) is 13.0. The van der Waals surface area contributed by atoms with Crippen LogP contribution in [-0.4, -0.2) is 0 Å². The molecule has 0 bridgehead atoms. The van der Waals surface area contributed by atoms with Gasteiger partial charge in [-0.25, -0.2) is 0 Å². The lowest BCUT2D eigenvalue weighted by Gasteiger charge is -2.29. The number of benzene rings is 12. The van der Waals surface area contributed by atoms with E-state index >= 15 is 0 Å². The van der Waals surface area contributed by atoms with E-state index in [-0.39, 0.29) is 0 Å². The van der Waals surface area contributed by atoms with E-state index in [1.165, 1.54) is 87.6 Å². The van der Waals surface area contributed by atoms with Gasteiger partial charge in [-0.1, -0.05) is 224 Å². The fourth-order valence-corrected chi connectivity index (χ4v) is 9.92. The van der Waals surface area contributed by atoms with Crippen LogP contribution in [0.25, 0.3) is 98.7 Å². The molecule has 65 heavy (non-hydrogen) atoms. The Balaban J connectivity index is 1.01. The average molecular weight is 826 g/mol. The molecule has 0 saturated heterocycles. The number of fused-ring (bicyclic) bond motifs is 5. The second kappa shape index (κ2) is 16.3. The first-order chi connectivity index (χ1) is 32.2. The van der Waals surface area contributed by atoms with Crippen LogP contribution in [0.1, 0.15) is 0 Å². The quantitative estimate of drug-likeness (QED) is 0.138. The lowest BCUT2D eigenvalue weighted by molar-refractivity contribution is 1.30. The number of nitrogens with zero attached hydrogens (tertiary/aromatic N) is 1. The van der Waals surface area contributed by atoms with Crippen LogP contribution in [0.5, 0.6) is 0 Å². The standard InChI is InChI=1S/C64H43N/c1-3-18-49(19-4-1)63-59-27-12-11-26-57(59)58-41-38-53(43-60(58)64(63)50-20-5-2-6-21-50)56-25-13-14-28-61(56)65(62-29-15-23-48-17-9-10-24-55(48)62)54-39-36-46(37-40-54)45-30-32-47(33-31-45)52-35-34-44-16-7-8-22-51(44)42-52/h1-43H. The molecule has 0 spiro atoms. The second-order valence-corrected chi connectivity index (χ2v) is 16.8.